The first-order valence-corrected chi connectivity index (χ1v) is 5.28. The Balaban J connectivity index is 2.65. The summed E-state index contributed by atoms with van der Waals surface area (Å²) in [5.74, 6) is 6.79. The van der Waals surface area contributed by atoms with Gasteiger partial charge in [0.1, 0.15) is 5.82 Å². The lowest BCUT2D eigenvalue weighted by Gasteiger charge is -2.13. The molecule has 1 unspecified atom stereocenters. The normalized spacial score (nSPS) is 11.6. The molecule has 0 amide bonds. The van der Waals surface area contributed by atoms with Gasteiger partial charge < -0.3 is 5.32 Å². The van der Waals surface area contributed by atoms with Crippen molar-refractivity contribution in [2.75, 3.05) is 6.54 Å². The Morgan fingerprint density at radius 1 is 1.40 bits per heavy atom. The highest BCUT2D eigenvalue weighted by Gasteiger charge is 2.10. The van der Waals surface area contributed by atoms with Gasteiger partial charge in [-0.3, -0.25) is 0 Å². The van der Waals surface area contributed by atoms with Gasteiger partial charge in [-0.15, -0.1) is 11.8 Å². The van der Waals surface area contributed by atoms with Crippen molar-refractivity contribution < 1.29 is 0 Å². The van der Waals surface area contributed by atoms with Crippen LogP contribution in [0.3, 0.4) is 0 Å². The largest absolute Gasteiger partial charge is 0.307 e. The molecule has 0 saturated carbocycles. The fraction of sp³-hybridized carbons (Fsp3) is 0.500. The van der Waals surface area contributed by atoms with Crippen LogP contribution in [0.4, 0.5) is 0 Å². The van der Waals surface area contributed by atoms with Gasteiger partial charge >= 0.3 is 0 Å². The van der Waals surface area contributed by atoms with Crippen LogP contribution in [0.15, 0.2) is 18.5 Å². The van der Waals surface area contributed by atoms with E-state index in [1.54, 1.807) is 12.4 Å². The van der Waals surface area contributed by atoms with Crippen LogP contribution in [0.2, 0.25) is 0 Å². The van der Waals surface area contributed by atoms with Gasteiger partial charge in [-0.1, -0.05) is 6.92 Å². The smallest absolute Gasteiger partial charge is 0.146 e. The van der Waals surface area contributed by atoms with Gasteiger partial charge in [-0.2, -0.15) is 0 Å². The molecule has 0 spiro atoms. The molecule has 80 valence electrons. The molecule has 15 heavy (non-hydrogen) atoms. The molecule has 1 rings (SSSR count). The molecule has 1 atom stereocenters. The van der Waals surface area contributed by atoms with Crippen LogP contribution < -0.4 is 5.32 Å². The zero-order valence-electron chi connectivity index (χ0n) is 9.33. The SMILES string of the molecule is CC#CCC(NCCC)c1ncccn1. The summed E-state index contributed by atoms with van der Waals surface area (Å²) < 4.78 is 0. The van der Waals surface area contributed by atoms with E-state index in [2.05, 4.69) is 34.0 Å². The second-order valence-corrected chi connectivity index (χ2v) is 3.24. The van der Waals surface area contributed by atoms with Crippen LogP contribution in [0.5, 0.6) is 0 Å². The first-order valence-electron chi connectivity index (χ1n) is 5.28. The summed E-state index contributed by atoms with van der Waals surface area (Å²) in [7, 11) is 0. The fourth-order valence-electron chi connectivity index (χ4n) is 1.27. The predicted molar refractivity (Wildman–Crippen MR) is 61.1 cm³/mol. The number of nitrogens with zero attached hydrogens (tertiary/aromatic N) is 2. The predicted octanol–water partition coefficient (Wildman–Crippen LogP) is 1.93. The van der Waals surface area contributed by atoms with E-state index in [9.17, 15) is 0 Å². The van der Waals surface area contributed by atoms with Gasteiger partial charge in [0.2, 0.25) is 0 Å². The maximum Gasteiger partial charge on any atom is 0.146 e. The van der Waals surface area contributed by atoms with Gasteiger partial charge in [0.25, 0.3) is 0 Å². The van der Waals surface area contributed by atoms with E-state index in [4.69, 9.17) is 0 Å². The summed E-state index contributed by atoms with van der Waals surface area (Å²) in [4.78, 5) is 8.49. The van der Waals surface area contributed by atoms with E-state index in [-0.39, 0.29) is 6.04 Å². The van der Waals surface area contributed by atoms with Gasteiger partial charge in [0, 0.05) is 18.8 Å². The minimum absolute atomic E-state index is 0.151. The van der Waals surface area contributed by atoms with Gasteiger partial charge in [0.15, 0.2) is 0 Å². The monoisotopic (exact) mass is 203 g/mol. The average Bonchev–Trinajstić information content (AvgIpc) is 2.30. The van der Waals surface area contributed by atoms with Crippen molar-refractivity contribution in [3.05, 3.63) is 24.3 Å². The number of hydrogen-bond donors (Lipinski definition) is 1. The zero-order chi connectivity index (χ0) is 10.9. The van der Waals surface area contributed by atoms with Crippen molar-refractivity contribution in [2.45, 2.75) is 32.7 Å². The Bertz CT molecular complexity index is 324. The van der Waals surface area contributed by atoms with Crippen molar-refractivity contribution in [1.82, 2.24) is 15.3 Å². The van der Waals surface area contributed by atoms with E-state index in [1.807, 2.05) is 13.0 Å². The van der Waals surface area contributed by atoms with Crippen LogP contribution >= 0.6 is 0 Å². The molecule has 0 aliphatic heterocycles. The molecule has 1 aromatic heterocycles. The second kappa shape index (κ2) is 6.97. The molecule has 3 heteroatoms. The molecule has 0 fully saturated rings. The Kier molecular flexibility index (Phi) is 5.42. The van der Waals surface area contributed by atoms with Crippen LogP contribution in [-0.4, -0.2) is 16.5 Å². The Labute approximate surface area is 91.3 Å². The summed E-state index contributed by atoms with van der Waals surface area (Å²) in [5.41, 5.74) is 0. The third kappa shape index (κ3) is 4.09. The molecule has 3 nitrogen and oxygen atoms in total. The van der Waals surface area contributed by atoms with Crippen molar-refractivity contribution in [2.24, 2.45) is 0 Å². The number of aromatic nitrogens is 2. The zero-order valence-corrected chi connectivity index (χ0v) is 9.33. The van der Waals surface area contributed by atoms with Crippen LogP contribution in [0.1, 0.15) is 38.6 Å². The molecule has 0 aliphatic rings. The molecule has 0 saturated heterocycles. The van der Waals surface area contributed by atoms with E-state index in [0.717, 1.165) is 25.2 Å². The number of nitrogens with one attached hydrogen (secondary N) is 1. The van der Waals surface area contributed by atoms with Crippen LogP contribution in [0, 0.1) is 11.8 Å². The molecule has 0 bridgehead atoms. The topological polar surface area (TPSA) is 37.8 Å². The molecule has 0 aliphatic carbocycles. The van der Waals surface area contributed by atoms with Crippen molar-refractivity contribution in [3.8, 4) is 11.8 Å². The van der Waals surface area contributed by atoms with Crippen molar-refractivity contribution in [1.29, 1.82) is 0 Å². The summed E-state index contributed by atoms with van der Waals surface area (Å²) in [6.07, 6.45) is 5.40. The number of hydrogen-bond acceptors (Lipinski definition) is 3. The lowest BCUT2D eigenvalue weighted by molar-refractivity contribution is 0.517. The first-order chi connectivity index (χ1) is 7.38. The summed E-state index contributed by atoms with van der Waals surface area (Å²) >= 11 is 0. The molecular formula is C12H17N3. The van der Waals surface area contributed by atoms with Gasteiger partial charge in [-0.05, 0) is 26.0 Å². The molecule has 1 N–H and O–H groups in total. The fourth-order valence-corrected chi connectivity index (χ4v) is 1.27. The lowest BCUT2D eigenvalue weighted by Crippen LogP contribution is -2.23. The highest BCUT2D eigenvalue weighted by molar-refractivity contribution is 5.04. The molecular weight excluding hydrogens is 186 g/mol. The quantitative estimate of drug-likeness (QED) is 0.743. The van der Waals surface area contributed by atoms with Crippen LogP contribution in [-0.2, 0) is 0 Å². The van der Waals surface area contributed by atoms with Crippen molar-refractivity contribution >= 4 is 0 Å². The van der Waals surface area contributed by atoms with E-state index in [1.165, 1.54) is 0 Å². The maximum atomic E-state index is 4.24. The maximum absolute atomic E-state index is 4.24. The first kappa shape index (κ1) is 11.7. The van der Waals surface area contributed by atoms with E-state index < -0.39 is 0 Å². The van der Waals surface area contributed by atoms with E-state index >= 15 is 0 Å². The molecule has 1 aromatic rings. The number of rotatable bonds is 5. The van der Waals surface area contributed by atoms with E-state index in [0.29, 0.717) is 0 Å². The molecule has 0 radical (unpaired) electrons. The third-order valence-electron chi connectivity index (χ3n) is 2.02. The Hall–Kier alpha value is -1.40. The standard InChI is InChI=1S/C12H17N3/c1-3-5-7-11(13-8-4-2)12-14-9-6-10-15-12/h6,9-11,13H,4,7-8H2,1-2H3. The minimum Gasteiger partial charge on any atom is -0.307 e. The average molecular weight is 203 g/mol. The Morgan fingerprint density at radius 2 is 2.13 bits per heavy atom. The highest BCUT2D eigenvalue weighted by Crippen LogP contribution is 2.10. The highest BCUT2D eigenvalue weighted by atomic mass is 15.0. The molecule has 1 heterocycles. The second-order valence-electron chi connectivity index (χ2n) is 3.24. The van der Waals surface area contributed by atoms with Gasteiger partial charge in [0.05, 0.1) is 6.04 Å². The van der Waals surface area contributed by atoms with Crippen LogP contribution in [0.25, 0.3) is 0 Å². The minimum atomic E-state index is 0.151. The summed E-state index contributed by atoms with van der Waals surface area (Å²) in [5, 5.41) is 3.39. The summed E-state index contributed by atoms with van der Waals surface area (Å²) in [6, 6.07) is 1.98. The third-order valence-corrected chi connectivity index (χ3v) is 2.02. The summed E-state index contributed by atoms with van der Waals surface area (Å²) in [6.45, 7) is 4.96. The molecule has 0 aromatic carbocycles. The van der Waals surface area contributed by atoms with Crippen molar-refractivity contribution in [3.63, 3.8) is 0 Å². The lowest BCUT2D eigenvalue weighted by atomic mass is 10.2. The Morgan fingerprint density at radius 3 is 2.73 bits per heavy atom. The van der Waals surface area contributed by atoms with Gasteiger partial charge in [-0.25, -0.2) is 9.97 Å².